The highest BCUT2D eigenvalue weighted by Crippen LogP contribution is 2.32. The van der Waals surface area contributed by atoms with Crippen LogP contribution in [0.3, 0.4) is 0 Å². The maximum Gasteiger partial charge on any atom is 0.237 e. The van der Waals surface area contributed by atoms with E-state index in [-0.39, 0.29) is 10.7 Å². The van der Waals surface area contributed by atoms with Crippen molar-refractivity contribution in [3.05, 3.63) is 5.15 Å². The van der Waals surface area contributed by atoms with Crippen LogP contribution in [0.4, 0.5) is 5.69 Å². The van der Waals surface area contributed by atoms with Crippen molar-refractivity contribution in [2.24, 2.45) is 0 Å². The van der Waals surface area contributed by atoms with Crippen molar-refractivity contribution < 1.29 is 4.74 Å². The number of nitrogens with two attached hydrogens (primary N) is 1. The zero-order valence-corrected chi connectivity index (χ0v) is 9.01. The van der Waals surface area contributed by atoms with Gasteiger partial charge in [0.25, 0.3) is 0 Å². The molecule has 0 aromatic carbocycles. The molecule has 4 nitrogen and oxygen atoms in total. The molecule has 0 fully saturated rings. The number of rotatable bonds is 1. The second kappa shape index (κ2) is 3.10. The van der Waals surface area contributed by atoms with E-state index >= 15 is 0 Å². The van der Waals surface area contributed by atoms with Gasteiger partial charge in [0.15, 0.2) is 5.15 Å². The van der Waals surface area contributed by atoms with Crippen molar-refractivity contribution >= 4 is 17.3 Å². The van der Waals surface area contributed by atoms with Gasteiger partial charge in [-0.25, -0.2) is 4.68 Å². The minimum atomic E-state index is -0.188. The van der Waals surface area contributed by atoms with Crippen LogP contribution in [0.25, 0.3) is 0 Å². The highest BCUT2D eigenvalue weighted by Gasteiger charge is 2.23. The lowest BCUT2D eigenvalue weighted by atomic mass is 10.1. The summed E-state index contributed by atoms with van der Waals surface area (Å²) in [6.45, 7) is 5.99. The number of hydrogen-bond donors (Lipinski definition) is 1. The zero-order valence-electron chi connectivity index (χ0n) is 8.26. The molecule has 74 valence electrons. The van der Waals surface area contributed by atoms with Crippen LogP contribution in [0.2, 0.25) is 5.15 Å². The third-order valence-corrected chi connectivity index (χ3v) is 1.94. The van der Waals surface area contributed by atoms with Gasteiger partial charge in [0, 0.05) is 0 Å². The van der Waals surface area contributed by atoms with Crippen molar-refractivity contribution in [2.75, 3.05) is 12.8 Å². The molecule has 13 heavy (non-hydrogen) atoms. The van der Waals surface area contributed by atoms with Gasteiger partial charge < -0.3 is 10.5 Å². The SMILES string of the molecule is COc1c(N)c(Cl)nn1C(C)(C)C. The van der Waals surface area contributed by atoms with Gasteiger partial charge in [-0.2, -0.15) is 5.10 Å². The number of ether oxygens (including phenoxy) is 1. The number of methoxy groups -OCH3 is 1. The summed E-state index contributed by atoms with van der Waals surface area (Å²) in [7, 11) is 1.55. The topological polar surface area (TPSA) is 53.1 Å². The molecule has 0 radical (unpaired) electrons. The van der Waals surface area contributed by atoms with Crippen molar-refractivity contribution in [3.63, 3.8) is 0 Å². The summed E-state index contributed by atoms with van der Waals surface area (Å²) in [5, 5.41) is 4.37. The normalized spacial score (nSPS) is 11.8. The molecule has 2 N–H and O–H groups in total. The van der Waals surface area contributed by atoms with Gasteiger partial charge in [0.1, 0.15) is 5.69 Å². The summed E-state index contributed by atoms with van der Waals surface area (Å²) in [6, 6.07) is 0. The van der Waals surface area contributed by atoms with Gasteiger partial charge in [-0.3, -0.25) is 0 Å². The van der Waals surface area contributed by atoms with Gasteiger partial charge in [0.05, 0.1) is 12.6 Å². The van der Waals surface area contributed by atoms with E-state index in [0.29, 0.717) is 11.6 Å². The monoisotopic (exact) mass is 203 g/mol. The molecule has 0 aliphatic rings. The molecule has 0 aliphatic heterocycles. The van der Waals surface area contributed by atoms with E-state index in [2.05, 4.69) is 5.10 Å². The van der Waals surface area contributed by atoms with Gasteiger partial charge in [-0.1, -0.05) is 11.6 Å². The van der Waals surface area contributed by atoms with Gasteiger partial charge in [0.2, 0.25) is 5.88 Å². The minimum Gasteiger partial charge on any atom is -0.480 e. The summed E-state index contributed by atoms with van der Waals surface area (Å²) in [4.78, 5) is 0. The Balaban J connectivity index is 3.30. The molecule has 0 atom stereocenters. The lowest BCUT2D eigenvalue weighted by Gasteiger charge is -2.21. The third kappa shape index (κ3) is 1.72. The van der Waals surface area contributed by atoms with E-state index in [1.165, 1.54) is 0 Å². The largest absolute Gasteiger partial charge is 0.480 e. The van der Waals surface area contributed by atoms with Crippen molar-refractivity contribution in [2.45, 2.75) is 26.3 Å². The molecular formula is C8H14ClN3O. The van der Waals surface area contributed by atoms with Crippen LogP contribution >= 0.6 is 11.6 Å². The fraction of sp³-hybridized carbons (Fsp3) is 0.625. The predicted octanol–water partition coefficient (Wildman–Crippen LogP) is 1.88. The zero-order chi connectivity index (χ0) is 10.2. The van der Waals surface area contributed by atoms with Crippen LogP contribution in [-0.4, -0.2) is 16.9 Å². The highest BCUT2D eigenvalue weighted by molar-refractivity contribution is 6.32. The first kappa shape index (κ1) is 10.2. The summed E-state index contributed by atoms with van der Waals surface area (Å²) in [5.74, 6) is 0.512. The lowest BCUT2D eigenvalue weighted by Crippen LogP contribution is -2.23. The summed E-state index contributed by atoms with van der Waals surface area (Å²) >= 11 is 5.78. The van der Waals surface area contributed by atoms with E-state index in [1.54, 1.807) is 11.8 Å². The summed E-state index contributed by atoms with van der Waals surface area (Å²) < 4.78 is 6.79. The molecule has 1 rings (SSSR count). The second-order valence-corrected chi connectivity index (χ2v) is 4.15. The van der Waals surface area contributed by atoms with Crippen molar-refractivity contribution in [1.29, 1.82) is 0 Å². The first-order chi connectivity index (χ1) is 5.88. The first-order valence-electron chi connectivity index (χ1n) is 3.96. The minimum absolute atomic E-state index is 0.188. The third-order valence-electron chi connectivity index (χ3n) is 1.66. The van der Waals surface area contributed by atoms with Crippen molar-refractivity contribution in [1.82, 2.24) is 9.78 Å². The van der Waals surface area contributed by atoms with Crippen molar-refractivity contribution in [3.8, 4) is 5.88 Å². The number of hydrogen-bond acceptors (Lipinski definition) is 3. The number of aromatic nitrogens is 2. The van der Waals surface area contributed by atoms with Crippen LogP contribution in [0, 0.1) is 0 Å². The first-order valence-corrected chi connectivity index (χ1v) is 4.34. The Morgan fingerprint density at radius 3 is 2.31 bits per heavy atom. The Labute approximate surface area is 82.6 Å². The maximum atomic E-state index is 5.78. The van der Waals surface area contributed by atoms with Crippen LogP contribution in [0.5, 0.6) is 5.88 Å². The molecule has 0 unspecified atom stereocenters. The molecule has 1 aromatic rings. The van der Waals surface area contributed by atoms with E-state index in [1.807, 2.05) is 20.8 Å². The standard InChI is InChI=1S/C8H14ClN3O/c1-8(2,3)12-7(13-4)5(10)6(9)11-12/h10H2,1-4H3. The Bertz CT molecular complexity index is 314. The Kier molecular flexibility index (Phi) is 2.43. The maximum absolute atomic E-state index is 5.78. The van der Waals surface area contributed by atoms with Gasteiger partial charge in [-0.05, 0) is 20.8 Å². The Morgan fingerprint density at radius 2 is 2.00 bits per heavy atom. The second-order valence-electron chi connectivity index (χ2n) is 3.80. The Hall–Kier alpha value is -0.900. The molecular weight excluding hydrogens is 190 g/mol. The highest BCUT2D eigenvalue weighted by atomic mass is 35.5. The number of anilines is 1. The van der Waals surface area contributed by atoms with Crippen LogP contribution in [0.15, 0.2) is 0 Å². The van der Waals surface area contributed by atoms with E-state index in [0.717, 1.165) is 0 Å². The van der Waals surface area contributed by atoms with E-state index < -0.39 is 0 Å². The molecule has 0 aliphatic carbocycles. The quantitative estimate of drug-likeness (QED) is 0.759. The Morgan fingerprint density at radius 1 is 1.46 bits per heavy atom. The fourth-order valence-corrected chi connectivity index (χ4v) is 1.20. The summed E-state index contributed by atoms with van der Waals surface area (Å²) in [6.07, 6.45) is 0. The molecule has 0 spiro atoms. The van der Waals surface area contributed by atoms with Gasteiger partial charge in [-0.15, -0.1) is 0 Å². The average Bonchev–Trinajstić information content (AvgIpc) is 2.28. The molecule has 1 heterocycles. The van der Waals surface area contributed by atoms with Crippen LogP contribution < -0.4 is 10.5 Å². The van der Waals surface area contributed by atoms with E-state index in [4.69, 9.17) is 22.1 Å². The average molecular weight is 204 g/mol. The molecule has 5 heteroatoms. The molecule has 0 saturated carbocycles. The number of nitrogen functional groups attached to an aromatic ring is 1. The van der Waals surface area contributed by atoms with Crippen LogP contribution in [0.1, 0.15) is 20.8 Å². The smallest absolute Gasteiger partial charge is 0.237 e. The fourth-order valence-electron chi connectivity index (χ4n) is 1.04. The lowest BCUT2D eigenvalue weighted by molar-refractivity contribution is 0.283. The summed E-state index contributed by atoms with van der Waals surface area (Å²) in [5.41, 5.74) is 5.87. The number of halogens is 1. The molecule has 0 amide bonds. The molecule has 0 bridgehead atoms. The van der Waals surface area contributed by atoms with Gasteiger partial charge >= 0.3 is 0 Å². The molecule has 1 aromatic heterocycles. The van der Waals surface area contributed by atoms with Crippen LogP contribution in [-0.2, 0) is 5.54 Å². The number of nitrogens with zero attached hydrogens (tertiary/aromatic N) is 2. The van der Waals surface area contributed by atoms with E-state index in [9.17, 15) is 0 Å². The molecule has 0 saturated heterocycles. The predicted molar refractivity (Wildman–Crippen MR) is 53.2 cm³/mol.